The summed E-state index contributed by atoms with van der Waals surface area (Å²) >= 11 is 6.20. The van der Waals surface area contributed by atoms with Crippen molar-refractivity contribution in [3.63, 3.8) is 0 Å². The molecule has 1 fully saturated rings. The molecule has 1 aliphatic rings. The molecule has 14 heavy (non-hydrogen) atoms. The Morgan fingerprint density at radius 1 is 1.21 bits per heavy atom. The summed E-state index contributed by atoms with van der Waals surface area (Å²) in [6.45, 7) is 4.32. The predicted octanol–water partition coefficient (Wildman–Crippen LogP) is 4.34. The topological polar surface area (TPSA) is 9.23 Å². The number of ether oxygens (including phenoxy) is 1. The molecule has 1 saturated carbocycles. The van der Waals surface area contributed by atoms with E-state index in [0.717, 1.165) is 6.42 Å². The number of hydrogen-bond acceptors (Lipinski definition) is 1. The van der Waals surface area contributed by atoms with Gasteiger partial charge in [0.05, 0.1) is 6.10 Å². The number of alkyl halides is 1. The highest BCUT2D eigenvalue weighted by molar-refractivity contribution is 6.19. The molecule has 1 nitrogen and oxygen atoms in total. The highest BCUT2D eigenvalue weighted by Crippen LogP contribution is 2.24. The van der Waals surface area contributed by atoms with Gasteiger partial charge in [-0.3, -0.25) is 0 Å². The fourth-order valence-electron chi connectivity index (χ4n) is 1.88. The van der Waals surface area contributed by atoms with Gasteiger partial charge >= 0.3 is 0 Å². The first-order chi connectivity index (χ1) is 6.74. The Hall–Kier alpha value is 0.250. The van der Waals surface area contributed by atoms with Crippen LogP contribution in [0.1, 0.15) is 58.8 Å². The Morgan fingerprint density at radius 3 is 2.29 bits per heavy atom. The molecule has 0 aromatic rings. The molecule has 0 aromatic heterocycles. The average Bonchev–Trinajstić information content (AvgIpc) is 2.45. The maximum Gasteiger partial charge on any atom is 0.134 e. The molecule has 0 bridgehead atoms. The molecule has 0 saturated heterocycles. The second-order valence-corrected chi connectivity index (χ2v) is 4.92. The quantitative estimate of drug-likeness (QED) is 0.504. The van der Waals surface area contributed by atoms with E-state index in [-0.39, 0.29) is 5.56 Å². The lowest BCUT2D eigenvalue weighted by Crippen LogP contribution is -2.22. The molecule has 0 N–H and O–H groups in total. The van der Waals surface area contributed by atoms with Gasteiger partial charge in [-0.1, -0.05) is 51.1 Å². The summed E-state index contributed by atoms with van der Waals surface area (Å²) in [6.07, 6.45) is 9.31. The molecule has 84 valence electrons. The van der Waals surface area contributed by atoms with Crippen LogP contribution in [-0.4, -0.2) is 11.7 Å². The van der Waals surface area contributed by atoms with Gasteiger partial charge in [-0.2, -0.15) is 0 Å². The van der Waals surface area contributed by atoms with Crippen molar-refractivity contribution in [2.24, 2.45) is 5.92 Å². The number of halogens is 1. The molecule has 0 heterocycles. The van der Waals surface area contributed by atoms with Crippen molar-refractivity contribution < 1.29 is 4.74 Å². The molecule has 0 radical (unpaired) electrons. The summed E-state index contributed by atoms with van der Waals surface area (Å²) in [5.41, 5.74) is -0.0805. The Bertz CT molecular complexity index is 141. The van der Waals surface area contributed by atoms with Crippen LogP contribution in [0.3, 0.4) is 0 Å². The Balaban J connectivity index is 2.26. The lowest BCUT2D eigenvalue weighted by atomic mass is 10.1. The van der Waals surface area contributed by atoms with E-state index in [9.17, 15) is 0 Å². The van der Waals surface area contributed by atoms with Gasteiger partial charge in [0.25, 0.3) is 0 Å². The minimum Gasteiger partial charge on any atom is -0.359 e. The minimum atomic E-state index is -0.0805. The van der Waals surface area contributed by atoms with Gasteiger partial charge in [0.2, 0.25) is 0 Å². The second-order valence-electron chi connectivity index (χ2n) is 4.49. The van der Waals surface area contributed by atoms with Gasteiger partial charge in [-0.15, -0.1) is 0 Å². The van der Waals surface area contributed by atoms with Crippen molar-refractivity contribution in [3.8, 4) is 0 Å². The van der Waals surface area contributed by atoms with Gasteiger partial charge in [0, 0.05) is 0 Å². The zero-order valence-electron chi connectivity index (χ0n) is 9.47. The molecule has 2 atom stereocenters. The Morgan fingerprint density at radius 2 is 1.79 bits per heavy atom. The molecule has 1 rings (SSSR count). The predicted molar refractivity (Wildman–Crippen MR) is 61.7 cm³/mol. The van der Waals surface area contributed by atoms with E-state index in [4.69, 9.17) is 16.3 Å². The van der Waals surface area contributed by atoms with E-state index in [2.05, 4.69) is 13.8 Å². The molecule has 1 aliphatic carbocycles. The highest BCUT2D eigenvalue weighted by atomic mass is 35.5. The van der Waals surface area contributed by atoms with Crippen molar-refractivity contribution >= 4 is 11.6 Å². The van der Waals surface area contributed by atoms with Crippen LogP contribution in [0, 0.1) is 5.92 Å². The molecule has 2 heteroatoms. The lowest BCUT2D eigenvalue weighted by Gasteiger charge is -2.23. The second kappa shape index (κ2) is 6.68. The Kier molecular flexibility index (Phi) is 5.88. The standard InChI is InChI=1S/C12H23ClO/c1-3-10(2)12(13)14-11-8-6-4-5-7-9-11/h10-12H,3-9H2,1-2H3. The van der Waals surface area contributed by atoms with Crippen LogP contribution in [0.2, 0.25) is 0 Å². The first-order valence-corrected chi connectivity index (χ1v) is 6.47. The summed E-state index contributed by atoms with van der Waals surface area (Å²) < 4.78 is 5.89. The molecular weight excluding hydrogens is 196 g/mol. The third-order valence-electron chi connectivity index (χ3n) is 3.22. The maximum atomic E-state index is 6.20. The van der Waals surface area contributed by atoms with Crippen LogP contribution in [-0.2, 0) is 4.74 Å². The van der Waals surface area contributed by atoms with Crippen molar-refractivity contribution in [3.05, 3.63) is 0 Å². The average molecular weight is 219 g/mol. The van der Waals surface area contributed by atoms with Crippen LogP contribution in [0.15, 0.2) is 0 Å². The number of hydrogen-bond donors (Lipinski definition) is 0. The zero-order valence-corrected chi connectivity index (χ0v) is 10.2. The van der Waals surface area contributed by atoms with Gasteiger partial charge in [-0.25, -0.2) is 0 Å². The lowest BCUT2D eigenvalue weighted by molar-refractivity contribution is -0.00192. The Labute approximate surface area is 93.2 Å². The van der Waals surface area contributed by atoms with Crippen LogP contribution in [0.25, 0.3) is 0 Å². The van der Waals surface area contributed by atoms with Crippen LogP contribution < -0.4 is 0 Å². The van der Waals surface area contributed by atoms with Gasteiger partial charge < -0.3 is 4.74 Å². The van der Waals surface area contributed by atoms with Crippen molar-refractivity contribution in [1.82, 2.24) is 0 Å². The van der Waals surface area contributed by atoms with Crippen LogP contribution in [0.4, 0.5) is 0 Å². The zero-order chi connectivity index (χ0) is 10.4. The summed E-state index contributed by atoms with van der Waals surface area (Å²) in [5.74, 6) is 0.472. The van der Waals surface area contributed by atoms with Crippen LogP contribution >= 0.6 is 11.6 Å². The minimum absolute atomic E-state index is 0.0805. The maximum absolute atomic E-state index is 6.20. The van der Waals surface area contributed by atoms with E-state index in [1.165, 1.54) is 38.5 Å². The van der Waals surface area contributed by atoms with E-state index >= 15 is 0 Å². The molecule has 0 spiro atoms. The van der Waals surface area contributed by atoms with Gasteiger partial charge in [-0.05, 0) is 25.2 Å². The van der Waals surface area contributed by atoms with E-state index in [0.29, 0.717) is 12.0 Å². The SMILES string of the molecule is CCC(C)C(Cl)OC1CCCCCC1. The fraction of sp³-hybridized carbons (Fsp3) is 1.00. The molecular formula is C12H23ClO. The highest BCUT2D eigenvalue weighted by Gasteiger charge is 2.19. The van der Waals surface area contributed by atoms with Gasteiger partial charge in [0.1, 0.15) is 5.56 Å². The molecule has 0 aromatic carbocycles. The van der Waals surface area contributed by atoms with E-state index in [1.54, 1.807) is 0 Å². The van der Waals surface area contributed by atoms with Crippen LogP contribution in [0.5, 0.6) is 0 Å². The summed E-state index contributed by atoms with van der Waals surface area (Å²) in [4.78, 5) is 0. The molecule has 0 aliphatic heterocycles. The summed E-state index contributed by atoms with van der Waals surface area (Å²) in [6, 6.07) is 0. The first kappa shape index (κ1) is 12.3. The van der Waals surface area contributed by atoms with E-state index in [1.807, 2.05) is 0 Å². The third kappa shape index (κ3) is 4.18. The van der Waals surface area contributed by atoms with Crippen molar-refractivity contribution in [2.45, 2.75) is 70.5 Å². The summed E-state index contributed by atoms with van der Waals surface area (Å²) in [7, 11) is 0. The third-order valence-corrected chi connectivity index (χ3v) is 3.75. The molecule has 0 amide bonds. The molecule has 2 unspecified atom stereocenters. The number of rotatable bonds is 4. The fourth-order valence-corrected chi connectivity index (χ4v) is 2.20. The van der Waals surface area contributed by atoms with Crippen molar-refractivity contribution in [2.75, 3.05) is 0 Å². The monoisotopic (exact) mass is 218 g/mol. The largest absolute Gasteiger partial charge is 0.359 e. The normalized spacial score (nSPS) is 24.2. The smallest absolute Gasteiger partial charge is 0.134 e. The van der Waals surface area contributed by atoms with Crippen molar-refractivity contribution in [1.29, 1.82) is 0 Å². The van der Waals surface area contributed by atoms with Gasteiger partial charge in [0.15, 0.2) is 0 Å². The summed E-state index contributed by atoms with van der Waals surface area (Å²) in [5, 5.41) is 0. The first-order valence-electron chi connectivity index (χ1n) is 6.03. The van der Waals surface area contributed by atoms with E-state index < -0.39 is 0 Å².